The summed E-state index contributed by atoms with van der Waals surface area (Å²) in [7, 11) is 3.00. The first-order valence-corrected chi connectivity index (χ1v) is 8.22. The number of hydrogen-bond acceptors (Lipinski definition) is 6. The zero-order valence-corrected chi connectivity index (χ0v) is 14.5. The summed E-state index contributed by atoms with van der Waals surface area (Å²) in [5.41, 5.74) is 1.28. The zero-order valence-electron chi connectivity index (χ0n) is 14.5. The van der Waals surface area contributed by atoms with E-state index in [1.807, 2.05) is 18.2 Å². The van der Waals surface area contributed by atoms with Gasteiger partial charge in [-0.25, -0.2) is 0 Å². The Kier molecular flexibility index (Phi) is 5.45. The molecule has 0 spiro atoms. The van der Waals surface area contributed by atoms with Crippen molar-refractivity contribution in [3.63, 3.8) is 0 Å². The average Bonchev–Trinajstić information content (AvgIpc) is 2.68. The summed E-state index contributed by atoms with van der Waals surface area (Å²) in [6.45, 7) is 3.83. The molecule has 2 aromatic rings. The number of rotatable bonds is 5. The first-order valence-electron chi connectivity index (χ1n) is 8.22. The first kappa shape index (κ1) is 17.2. The van der Waals surface area contributed by atoms with Gasteiger partial charge in [-0.2, -0.15) is 9.97 Å². The molecular formula is C18H22N4O3. The van der Waals surface area contributed by atoms with Gasteiger partial charge in [-0.15, -0.1) is 0 Å². The van der Waals surface area contributed by atoms with Crippen LogP contribution in [0, 0.1) is 0 Å². The van der Waals surface area contributed by atoms with Crippen LogP contribution in [-0.4, -0.2) is 66.1 Å². The van der Waals surface area contributed by atoms with Crippen molar-refractivity contribution in [2.45, 2.75) is 6.54 Å². The summed E-state index contributed by atoms with van der Waals surface area (Å²) in [4.78, 5) is 25.1. The lowest BCUT2D eigenvalue weighted by Crippen LogP contribution is -2.48. The largest absolute Gasteiger partial charge is 0.481 e. The van der Waals surface area contributed by atoms with E-state index in [0.717, 1.165) is 19.6 Å². The molecule has 0 bridgehead atoms. The lowest BCUT2D eigenvalue weighted by molar-refractivity contribution is 0.0614. The molecule has 7 heteroatoms. The molecule has 1 saturated heterocycles. The standard InChI is InChI=1S/C18H22N4O3/c1-24-15-12-16(25-2)20-17(19-15)18(23)22-10-8-21(9-11-22)13-14-6-4-3-5-7-14/h3-7,12H,8-11,13H2,1-2H3. The Morgan fingerprint density at radius 2 is 1.60 bits per heavy atom. The SMILES string of the molecule is COc1cc(OC)nc(C(=O)N2CCN(Cc3ccccc3)CC2)n1. The highest BCUT2D eigenvalue weighted by molar-refractivity contribution is 5.90. The number of ether oxygens (including phenoxy) is 2. The van der Waals surface area contributed by atoms with Gasteiger partial charge in [0, 0.05) is 32.7 Å². The maximum atomic E-state index is 12.7. The van der Waals surface area contributed by atoms with E-state index in [1.165, 1.54) is 19.8 Å². The van der Waals surface area contributed by atoms with Gasteiger partial charge < -0.3 is 14.4 Å². The van der Waals surface area contributed by atoms with Gasteiger partial charge in [0.15, 0.2) is 0 Å². The van der Waals surface area contributed by atoms with Crippen LogP contribution in [0.3, 0.4) is 0 Å². The predicted octanol–water partition coefficient (Wildman–Crippen LogP) is 1.45. The van der Waals surface area contributed by atoms with E-state index in [0.29, 0.717) is 24.8 Å². The Morgan fingerprint density at radius 1 is 1.00 bits per heavy atom. The molecule has 132 valence electrons. The van der Waals surface area contributed by atoms with E-state index < -0.39 is 0 Å². The molecule has 3 rings (SSSR count). The second-order valence-electron chi connectivity index (χ2n) is 5.83. The molecule has 1 amide bonds. The van der Waals surface area contributed by atoms with Crippen molar-refractivity contribution in [3.8, 4) is 11.8 Å². The van der Waals surface area contributed by atoms with Crippen LogP contribution in [0.25, 0.3) is 0 Å². The highest BCUT2D eigenvalue weighted by Crippen LogP contribution is 2.17. The normalized spacial score (nSPS) is 15.0. The third kappa shape index (κ3) is 4.24. The fourth-order valence-corrected chi connectivity index (χ4v) is 2.80. The number of benzene rings is 1. The molecule has 2 heterocycles. The second-order valence-corrected chi connectivity index (χ2v) is 5.83. The molecule has 0 N–H and O–H groups in total. The van der Waals surface area contributed by atoms with Crippen LogP contribution in [0.4, 0.5) is 0 Å². The van der Waals surface area contributed by atoms with Crippen LogP contribution in [-0.2, 0) is 6.54 Å². The number of carbonyl (C=O) groups excluding carboxylic acids is 1. The molecule has 0 atom stereocenters. The van der Waals surface area contributed by atoms with Crippen molar-refractivity contribution in [1.82, 2.24) is 19.8 Å². The highest BCUT2D eigenvalue weighted by Gasteiger charge is 2.25. The summed E-state index contributed by atoms with van der Waals surface area (Å²) >= 11 is 0. The zero-order chi connectivity index (χ0) is 17.6. The quantitative estimate of drug-likeness (QED) is 0.819. The summed E-state index contributed by atoms with van der Waals surface area (Å²) in [5, 5.41) is 0. The smallest absolute Gasteiger partial charge is 0.291 e. The molecule has 1 aliphatic rings. The van der Waals surface area contributed by atoms with Crippen LogP contribution < -0.4 is 9.47 Å². The first-order chi connectivity index (χ1) is 12.2. The van der Waals surface area contributed by atoms with Crippen LogP contribution in [0.5, 0.6) is 11.8 Å². The van der Waals surface area contributed by atoms with Gasteiger partial charge in [-0.1, -0.05) is 30.3 Å². The molecule has 7 nitrogen and oxygen atoms in total. The van der Waals surface area contributed by atoms with Crippen molar-refractivity contribution in [1.29, 1.82) is 0 Å². The Bertz CT molecular complexity index is 693. The van der Waals surface area contributed by atoms with E-state index in [1.54, 1.807) is 11.0 Å². The van der Waals surface area contributed by atoms with E-state index in [2.05, 4.69) is 27.0 Å². The molecule has 0 radical (unpaired) electrons. The van der Waals surface area contributed by atoms with Gasteiger partial charge in [0.1, 0.15) is 0 Å². The lowest BCUT2D eigenvalue weighted by atomic mass is 10.2. The number of carbonyl (C=O) groups is 1. The molecular weight excluding hydrogens is 320 g/mol. The number of methoxy groups -OCH3 is 2. The molecule has 1 aromatic heterocycles. The number of hydrogen-bond donors (Lipinski definition) is 0. The van der Waals surface area contributed by atoms with Gasteiger partial charge in [0.2, 0.25) is 17.6 Å². The number of amides is 1. The van der Waals surface area contributed by atoms with Crippen molar-refractivity contribution in [2.24, 2.45) is 0 Å². The van der Waals surface area contributed by atoms with Crippen LogP contribution in [0.1, 0.15) is 16.2 Å². The molecule has 1 fully saturated rings. The van der Waals surface area contributed by atoms with Gasteiger partial charge in [0.25, 0.3) is 5.91 Å². The van der Waals surface area contributed by atoms with Crippen molar-refractivity contribution < 1.29 is 14.3 Å². The second kappa shape index (κ2) is 7.94. The number of nitrogens with zero attached hydrogens (tertiary/aromatic N) is 4. The minimum absolute atomic E-state index is 0.104. The van der Waals surface area contributed by atoms with Gasteiger partial charge in [-0.05, 0) is 5.56 Å². The predicted molar refractivity (Wildman–Crippen MR) is 92.8 cm³/mol. The van der Waals surface area contributed by atoms with E-state index in [-0.39, 0.29) is 11.7 Å². The van der Waals surface area contributed by atoms with Gasteiger partial charge in [0.05, 0.1) is 20.3 Å². The molecule has 0 aliphatic carbocycles. The summed E-state index contributed by atoms with van der Waals surface area (Å²) in [6, 6.07) is 11.9. The van der Waals surface area contributed by atoms with Crippen molar-refractivity contribution in [2.75, 3.05) is 40.4 Å². The highest BCUT2D eigenvalue weighted by atomic mass is 16.5. The fraction of sp³-hybridized carbons (Fsp3) is 0.389. The van der Waals surface area contributed by atoms with Crippen LogP contribution >= 0.6 is 0 Å². The fourth-order valence-electron chi connectivity index (χ4n) is 2.80. The third-order valence-electron chi connectivity index (χ3n) is 4.20. The molecule has 0 saturated carbocycles. The Hall–Kier alpha value is -2.67. The summed E-state index contributed by atoms with van der Waals surface area (Å²) < 4.78 is 10.2. The van der Waals surface area contributed by atoms with Crippen LogP contribution in [0.2, 0.25) is 0 Å². The molecule has 1 aromatic carbocycles. The van der Waals surface area contributed by atoms with Gasteiger partial charge >= 0.3 is 0 Å². The molecule has 1 aliphatic heterocycles. The lowest BCUT2D eigenvalue weighted by Gasteiger charge is -2.34. The van der Waals surface area contributed by atoms with E-state index in [4.69, 9.17) is 9.47 Å². The molecule has 25 heavy (non-hydrogen) atoms. The van der Waals surface area contributed by atoms with Crippen molar-refractivity contribution >= 4 is 5.91 Å². The Labute approximate surface area is 147 Å². The summed E-state index contributed by atoms with van der Waals surface area (Å²) in [6.07, 6.45) is 0. The number of aromatic nitrogens is 2. The maximum Gasteiger partial charge on any atom is 0.291 e. The average molecular weight is 342 g/mol. The van der Waals surface area contributed by atoms with E-state index in [9.17, 15) is 4.79 Å². The molecule has 0 unspecified atom stereocenters. The van der Waals surface area contributed by atoms with Crippen molar-refractivity contribution in [3.05, 3.63) is 47.8 Å². The minimum Gasteiger partial charge on any atom is -0.481 e. The maximum absolute atomic E-state index is 12.7. The monoisotopic (exact) mass is 342 g/mol. The van der Waals surface area contributed by atoms with Gasteiger partial charge in [-0.3, -0.25) is 9.69 Å². The Morgan fingerprint density at radius 3 is 2.16 bits per heavy atom. The topological polar surface area (TPSA) is 67.8 Å². The Balaban J connectivity index is 1.62. The minimum atomic E-state index is -0.198. The van der Waals surface area contributed by atoms with Crippen LogP contribution in [0.15, 0.2) is 36.4 Å². The summed E-state index contributed by atoms with van der Waals surface area (Å²) in [5.74, 6) is 0.542. The van der Waals surface area contributed by atoms with E-state index >= 15 is 0 Å². The third-order valence-corrected chi connectivity index (χ3v) is 4.20. The number of piperazine rings is 1.